The number of benzene rings is 1. The molecule has 0 spiro atoms. The van der Waals surface area contributed by atoms with Gasteiger partial charge in [0.15, 0.2) is 11.6 Å². The highest BCUT2D eigenvalue weighted by Crippen LogP contribution is 2.30. The third kappa shape index (κ3) is 3.51. The molecule has 1 aromatic heterocycles. The van der Waals surface area contributed by atoms with Crippen LogP contribution in [0.15, 0.2) is 41.5 Å². The Morgan fingerprint density at radius 1 is 1.45 bits per heavy atom. The molecule has 0 aliphatic heterocycles. The van der Waals surface area contributed by atoms with Crippen LogP contribution >= 0.6 is 15.9 Å². The lowest BCUT2D eigenvalue weighted by molar-refractivity contribution is 0.0522. The van der Waals surface area contributed by atoms with E-state index in [9.17, 15) is 9.18 Å². The first kappa shape index (κ1) is 16.2. The maximum atomic E-state index is 13.9. The van der Waals surface area contributed by atoms with Gasteiger partial charge >= 0.3 is 5.97 Å². The largest absolute Gasteiger partial charge is 0.462 e. The summed E-state index contributed by atoms with van der Waals surface area (Å²) in [6.45, 7) is 5.54. The molecule has 114 valence electrons. The Labute approximate surface area is 135 Å². The number of nitrogens with zero attached hydrogens (tertiary/aromatic N) is 1. The van der Waals surface area contributed by atoms with Crippen LogP contribution in [0.5, 0.6) is 11.6 Å². The van der Waals surface area contributed by atoms with Crippen LogP contribution in [0, 0.1) is 5.82 Å². The van der Waals surface area contributed by atoms with E-state index in [-0.39, 0.29) is 23.8 Å². The molecular formula is C16H13BrFNO3. The highest BCUT2D eigenvalue weighted by atomic mass is 79.9. The molecule has 0 fully saturated rings. The van der Waals surface area contributed by atoms with Crippen molar-refractivity contribution in [2.45, 2.75) is 6.92 Å². The summed E-state index contributed by atoms with van der Waals surface area (Å²) in [5, 5.41) is 0. The summed E-state index contributed by atoms with van der Waals surface area (Å²) in [7, 11) is 0. The van der Waals surface area contributed by atoms with Gasteiger partial charge < -0.3 is 9.47 Å². The van der Waals surface area contributed by atoms with Crippen molar-refractivity contribution < 1.29 is 18.7 Å². The molecule has 2 rings (SSSR count). The summed E-state index contributed by atoms with van der Waals surface area (Å²) >= 11 is 3.16. The first-order chi connectivity index (χ1) is 10.6. The van der Waals surface area contributed by atoms with Crippen LogP contribution in [0.1, 0.15) is 22.8 Å². The maximum Gasteiger partial charge on any atom is 0.344 e. The van der Waals surface area contributed by atoms with Crippen molar-refractivity contribution in [2.24, 2.45) is 0 Å². The lowest BCUT2D eigenvalue weighted by atomic mass is 10.1. The zero-order valence-electron chi connectivity index (χ0n) is 11.8. The Balaban J connectivity index is 2.46. The molecule has 0 radical (unpaired) electrons. The first-order valence-electron chi connectivity index (χ1n) is 6.48. The Morgan fingerprint density at radius 2 is 2.23 bits per heavy atom. The Bertz CT molecular complexity index is 719. The van der Waals surface area contributed by atoms with Gasteiger partial charge in [0.1, 0.15) is 5.56 Å². The average Bonchev–Trinajstić information content (AvgIpc) is 2.50. The van der Waals surface area contributed by atoms with Gasteiger partial charge in [0, 0.05) is 10.7 Å². The predicted molar refractivity (Wildman–Crippen MR) is 84.5 cm³/mol. The topological polar surface area (TPSA) is 48.4 Å². The molecule has 0 aliphatic carbocycles. The molecule has 0 saturated heterocycles. The second-order valence-electron chi connectivity index (χ2n) is 4.18. The molecule has 0 unspecified atom stereocenters. The van der Waals surface area contributed by atoms with Crippen molar-refractivity contribution in [3.8, 4) is 11.6 Å². The summed E-state index contributed by atoms with van der Waals surface area (Å²) in [5.41, 5.74) is 0.614. The van der Waals surface area contributed by atoms with Crippen LogP contribution in [-0.4, -0.2) is 17.6 Å². The average molecular weight is 366 g/mol. The SMILES string of the molecule is C=Cc1ccnc(Oc2ccc(Br)cc2F)c1C(=O)OCC. The van der Waals surface area contributed by atoms with E-state index in [1.54, 1.807) is 19.1 Å². The molecule has 4 nitrogen and oxygen atoms in total. The summed E-state index contributed by atoms with van der Waals surface area (Å²) in [4.78, 5) is 16.1. The van der Waals surface area contributed by atoms with E-state index in [0.29, 0.717) is 10.0 Å². The molecule has 0 aliphatic rings. The number of hydrogen-bond acceptors (Lipinski definition) is 4. The van der Waals surface area contributed by atoms with Crippen LogP contribution < -0.4 is 4.74 Å². The number of hydrogen-bond donors (Lipinski definition) is 0. The number of carbonyl (C=O) groups is 1. The number of carbonyl (C=O) groups excluding carboxylic acids is 1. The van der Waals surface area contributed by atoms with Gasteiger partial charge in [0.2, 0.25) is 5.88 Å². The number of rotatable bonds is 5. The Morgan fingerprint density at radius 3 is 2.86 bits per heavy atom. The highest BCUT2D eigenvalue weighted by molar-refractivity contribution is 9.10. The van der Waals surface area contributed by atoms with Gasteiger partial charge in [-0.05, 0) is 36.8 Å². The van der Waals surface area contributed by atoms with Crippen LogP contribution in [0.2, 0.25) is 0 Å². The van der Waals surface area contributed by atoms with Gasteiger partial charge in [-0.1, -0.05) is 28.6 Å². The number of aromatic nitrogens is 1. The van der Waals surface area contributed by atoms with Gasteiger partial charge in [0.25, 0.3) is 0 Å². The van der Waals surface area contributed by atoms with Crippen molar-refractivity contribution in [2.75, 3.05) is 6.61 Å². The minimum Gasteiger partial charge on any atom is -0.462 e. The zero-order chi connectivity index (χ0) is 16.1. The van der Waals surface area contributed by atoms with E-state index in [1.807, 2.05) is 0 Å². The maximum absolute atomic E-state index is 13.9. The van der Waals surface area contributed by atoms with Gasteiger partial charge in [0.05, 0.1) is 6.61 Å². The molecule has 2 aromatic rings. The number of pyridine rings is 1. The van der Waals surface area contributed by atoms with Gasteiger partial charge in [-0.3, -0.25) is 0 Å². The predicted octanol–water partition coefficient (Wildman–Crippen LogP) is 4.60. The van der Waals surface area contributed by atoms with Gasteiger partial charge in [-0.25, -0.2) is 14.2 Å². The van der Waals surface area contributed by atoms with Crippen molar-refractivity contribution in [1.82, 2.24) is 4.98 Å². The molecule has 0 atom stereocenters. The Kier molecular flexibility index (Phi) is 5.27. The number of ether oxygens (including phenoxy) is 2. The smallest absolute Gasteiger partial charge is 0.344 e. The van der Waals surface area contributed by atoms with Crippen molar-refractivity contribution >= 4 is 28.0 Å². The van der Waals surface area contributed by atoms with Crippen molar-refractivity contribution in [3.05, 3.63) is 58.5 Å². The van der Waals surface area contributed by atoms with Crippen LogP contribution in [-0.2, 0) is 4.74 Å². The third-order valence-corrected chi connectivity index (χ3v) is 3.24. The van der Waals surface area contributed by atoms with Crippen LogP contribution in [0.4, 0.5) is 4.39 Å². The minimum absolute atomic E-state index is 0.0305. The Hall–Kier alpha value is -2.21. The van der Waals surface area contributed by atoms with Gasteiger partial charge in [-0.15, -0.1) is 0 Å². The third-order valence-electron chi connectivity index (χ3n) is 2.75. The molecule has 6 heteroatoms. The highest BCUT2D eigenvalue weighted by Gasteiger charge is 2.20. The van der Waals surface area contributed by atoms with E-state index in [4.69, 9.17) is 9.47 Å². The van der Waals surface area contributed by atoms with E-state index in [1.165, 1.54) is 24.4 Å². The fourth-order valence-corrected chi connectivity index (χ4v) is 2.11. The fraction of sp³-hybridized carbons (Fsp3) is 0.125. The summed E-state index contributed by atoms with van der Waals surface area (Å²) in [6.07, 6.45) is 2.94. The summed E-state index contributed by atoms with van der Waals surface area (Å²) in [6, 6.07) is 5.93. The molecule has 1 heterocycles. The van der Waals surface area contributed by atoms with E-state index in [0.717, 1.165) is 0 Å². The summed E-state index contributed by atoms with van der Waals surface area (Å²) < 4.78 is 24.9. The molecule has 0 N–H and O–H groups in total. The second-order valence-corrected chi connectivity index (χ2v) is 5.10. The standard InChI is InChI=1S/C16H13BrFNO3/c1-3-10-7-8-19-15(14(10)16(20)21-4-2)22-13-6-5-11(17)9-12(13)18/h3,5-9H,1,4H2,2H3. The number of halogens is 2. The molecule has 1 aromatic carbocycles. The van der Waals surface area contributed by atoms with Crippen molar-refractivity contribution in [3.63, 3.8) is 0 Å². The van der Waals surface area contributed by atoms with Crippen molar-refractivity contribution in [1.29, 1.82) is 0 Å². The molecule has 22 heavy (non-hydrogen) atoms. The van der Waals surface area contributed by atoms with E-state index >= 15 is 0 Å². The monoisotopic (exact) mass is 365 g/mol. The van der Waals surface area contributed by atoms with Crippen LogP contribution in [0.3, 0.4) is 0 Å². The molecule has 0 amide bonds. The first-order valence-corrected chi connectivity index (χ1v) is 7.27. The van der Waals surface area contributed by atoms with Crippen LogP contribution in [0.25, 0.3) is 6.08 Å². The second kappa shape index (κ2) is 7.17. The molecule has 0 saturated carbocycles. The normalized spacial score (nSPS) is 10.1. The fourth-order valence-electron chi connectivity index (χ4n) is 1.77. The van der Waals surface area contributed by atoms with E-state index in [2.05, 4.69) is 27.5 Å². The van der Waals surface area contributed by atoms with E-state index < -0.39 is 11.8 Å². The lowest BCUT2D eigenvalue weighted by Gasteiger charge is -2.12. The quantitative estimate of drug-likeness (QED) is 0.726. The lowest BCUT2D eigenvalue weighted by Crippen LogP contribution is -2.10. The molecule has 0 bridgehead atoms. The summed E-state index contributed by atoms with van der Waals surface area (Å²) in [5.74, 6) is -1.24. The van der Waals surface area contributed by atoms with Gasteiger partial charge in [-0.2, -0.15) is 0 Å². The minimum atomic E-state index is -0.599. The number of esters is 1. The zero-order valence-corrected chi connectivity index (χ0v) is 13.4. The molecular weight excluding hydrogens is 353 g/mol.